The van der Waals surface area contributed by atoms with E-state index in [1.54, 1.807) is 0 Å². The van der Waals surface area contributed by atoms with Gasteiger partial charge in [-0.1, -0.05) is 32.6 Å². The summed E-state index contributed by atoms with van der Waals surface area (Å²) in [6, 6.07) is 0. The first kappa shape index (κ1) is 15.8. The van der Waals surface area contributed by atoms with Crippen LogP contribution in [0.15, 0.2) is 11.5 Å². The van der Waals surface area contributed by atoms with Gasteiger partial charge in [-0.15, -0.1) is 0 Å². The van der Waals surface area contributed by atoms with Crippen LogP contribution >= 0.6 is 0 Å². The van der Waals surface area contributed by atoms with Crippen LogP contribution in [0.1, 0.15) is 39.0 Å². The van der Waals surface area contributed by atoms with Gasteiger partial charge in [0.1, 0.15) is 6.10 Å². The number of aliphatic hydroxyl groups excluding tert-OH is 3. The molecule has 0 saturated carbocycles. The van der Waals surface area contributed by atoms with E-state index in [1.165, 1.54) is 6.42 Å². The number of unbranched alkanes of at least 4 members (excludes halogenated alkanes) is 4. The number of carbonyl (C=O) groups is 1. The molecule has 3 N–H and O–H groups in total. The lowest BCUT2D eigenvalue weighted by atomic mass is 10.1. The molecule has 0 aromatic rings. The third-order valence-electron chi connectivity index (χ3n) is 2.95. The Hall–Kier alpha value is -1.27. The van der Waals surface area contributed by atoms with Gasteiger partial charge in [0.2, 0.25) is 5.76 Å². The second-order valence-electron chi connectivity index (χ2n) is 4.55. The van der Waals surface area contributed by atoms with Gasteiger partial charge in [0.15, 0.2) is 11.9 Å². The topological polar surface area (TPSA) is 96.2 Å². The molecule has 0 bridgehead atoms. The molecule has 19 heavy (non-hydrogen) atoms. The van der Waals surface area contributed by atoms with E-state index < -0.39 is 30.5 Å². The fraction of sp³-hybridized carbons (Fsp3) is 0.769. The predicted molar refractivity (Wildman–Crippen MR) is 67.3 cm³/mol. The van der Waals surface area contributed by atoms with Gasteiger partial charge < -0.3 is 24.8 Å². The van der Waals surface area contributed by atoms with Gasteiger partial charge in [0, 0.05) is 0 Å². The fourth-order valence-electron chi connectivity index (χ4n) is 1.83. The second kappa shape index (κ2) is 8.01. The Morgan fingerprint density at radius 2 is 2.00 bits per heavy atom. The first-order chi connectivity index (χ1) is 9.11. The van der Waals surface area contributed by atoms with Gasteiger partial charge in [-0.3, -0.25) is 0 Å². The van der Waals surface area contributed by atoms with Gasteiger partial charge in [0.25, 0.3) is 0 Å². The standard InChI is InChI=1S/C13H22O6/c1-2-3-4-5-6-7-18-12-10(16)11(9(15)8-14)19-13(12)17/h9,11,14-16H,2-8H2,1H3/t9-,11+/m0/s1. The monoisotopic (exact) mass is 274 g/mol. The van der Waals surface area contributed by atoms with Crippen LogP contribution in [0.5, 0.6) is 0 Å². The molecule has 110 valence electrons. The number of cyclic esters (lactones) is 1. The number of esters is 1. The molecule has 1 aliphatic rings. The molecule has 0 aromatic carbocycles. The molecule has 6 nitrogen and oxygen atoms in total. The minimum absolute atomic E-state index is 0.256. The van der Waals surface area contributed by atoms with Gasteiger partial charge in [0.05, 0.1) is 13.2 Å². The molecular formula is C13H22O6. The van der Waals surface area contributed by atoms with Gasteiger partial charge in [-0.25, -0.2) is 4.79 Å². The Balaban J connectivity index is 2.39. The van der Waals surface area contributed by atoms with E-state index in [-0.39, 0.29) is 5.76 Å². The third kappa shape index (κ3) is 4.40. The first-order valence-corrected chi connectivity index (χ1v) is 6.67. The quantitative estimate of drug-likeness (QED) is 0.429. The second-order valence-corrected chi connectivity index (χ2v) is 4.55. The lowest BCUT2D eigenvalue weighted by Gasteiger charge is -2.13. The van der Waals surface area contributed by atoms with E-state index in [1.807, 2.05) is 0 Å². The Labute approximate surface area is 112 Å². The van der Waals surface area contributed by atoms with Crippen molar-refractivity contribution in [3.8, 4) is 0 Å². The van der Waals surface area contributed by atoms with Crippen LogP contribution in [-0.4, -0.2) is 46.7 Å². The van der Waals surface area contributed by atoms with Crippen molar-refractivity contribution in [1.82, 2.24) is 0 Å². The summed E-state index contributed by atoms with van der Waals surface area (Å²) < 4.78 is 9.93. The highest BCUT2D eigenvalue weighted by molar-refractivity contribution is 5.89. The molecule has 0 fully saturated rings. The molecule has 0 aliphatic carbocycles. The zero-order chi connectivity index (χ0) is 14.3. The number of aliphatic hydroxyl groups is 3. The highest BCUT2D eigenvalue weighted by Gasteiger charge is 2.40. The molecule has 0 aromatic heterocycles. The molecule has 0 unspecified atom stereocenters. The fourth-order valence-corrected chi connectivity index (χ4v) is 1.83. The van der Waals surface area contributed by atoms with Crippen molar-refractivity contribution in [3.63, 3.8) is 0 Å². The first-order valence-electron chi connectivity index (χ1n) is 6.67. The number of rotatable bonds is 9. The van der Waals surface area contributed by atoms with Gasteiger partial charge in [-0.05, 0) is 6.42 Å². The Kier molecular flexibility index (Phi) is 6.66. The predicted octanol–water partition coefficient (Wildman–Crippen LogP) is 1.02. The largest absolute Gasteiger partial charge is 0.505 e. The Bertz CT molecular complexity index is 325. The molecule has 6 heteroatoms. The summed E-state index contributed by atoms with van der Waals surface area (Å²) in [7, 11) is 0. The summed E-state index contributed by atoms with van der Waals surface area (Å²) in [6.07, 6.45) is 2.65. The van der Waals surface area contributed by atoms with Crippen molar-refractivity contribution < 1.29 is 29.6 Å². The van der Waals surface area contributed by atoms with Crippen molar-refractivity contribution in [2.75, 3.05) is 13.2 Å². The molecule has 0 saturated heterocycles. The van der Waals surface area contributed by atoms with Crippen LogP contribution in [0.4, 0.5) is 0 Å². The smallest absolute Gasteiger partial charge is 0.378 e. The van der Waals surface area contributed by atoms with Crippen LogP contribution in [0.2, 0.25) is 0 Å². The molecule has 2 atom stereocenters. The van der Waals surface area contributed by atoms with E-state index in [0.29, 0.717) is 6.61 Å². The Morgan fingerprint density at radius 1 is 1.32 bits per heavy atom. The van der Waals surface area contributed by atoms with E-state index >= 15 is 0 Å². The van der Waals surface area contributed by atoms with Gasteiger partial charge in [-0.2, -0.15) is 0 Å². The normalized spacial score (nSPS) is 20.6. The molecule has 1 rings (SSSR count). The summed E-state index contributed by atoms with van der Waals surface area (Å²) in [5.74, 6) is -1.50. The summed E-state index contributed by atoms with van der Waals surface area (Å²) >= 11 is 0. The maximum Gasteiger partial charge on any atom is 0.378 e. The maximum absolute atomic E-state index is 11.4. The number of ether oxygens (including phenoxy) is 2. The molecule has 0 radical (unpaired) electrons. The van der Waals surface area contributed by atoms with Crippen LogP contribution in [0, 0.1) is 0 Å². The summed E-state index contributed by atoms with van der Waals surface area (Å²) in [4.78, 5) is 11.4. The van der Waals surface area contributed by atoms with Crippen molar-refractivity contribution >= 4 is 5.97 Å². The summed E-state index contributed by atoms with van der Waals surface area (Å²) in [6.45, 7) is 1.84. The highest BCUT2D eigenvalue weighted by Crippen LogP contribution is 2.24. The minimum atomic E-state index is -1.34. The van der Waals surface area contributed by atoms with Gasteiger partial charge >= 0.3 is 5.97 Å². The van der Waals surface area contributed by atoms with E-state index in [9.17, 15) is 15.0 Å². The number of carbonyl (C=O) groups excluding carboxylic acids is 1. The molecule has 1 aliphatic heterocycles. The zero-order valence-corrected chi connectivity index (χ0v) is 11.2. The zero-order valence-electron chi connectivity index (χ0n) is 11.2. The maximum atomic E-state index is 11.4. The highest BCUT2D eigenvalue weighted by atomic mass is 16.6. The van der Waals surface area contributed by atoms with Crippen LogP contribution in [-0.2, 0) is 14.3 Å². The van der Waals surface area contributed by atoms with Crippen LogP contribution < -0.4 is 0 Å². The summed E-state index contributed by atoms with van der Waals surface area (Å²) in [5.41, 5.74) is 0. The van der Waals surface area contributed by atoms with Crippen molar-refractivity contribution in [3.05, 3.63) is 11.5 Å². The Morgan fingerprint density at radius 3 is 2.63 bits per heavy atom. The minimum Gasteiger partial charge on any atom is -0.505 e. The van der Waals surface area contributed by atoms with E-state index in [4.69, 9.17) is 14.6 Å². The van der Waals surface area contributed by atoms with Crippen LogP contribution in [0.25, 0.3) is 0 Å². The van der Waals surface area contributed by atoms with Crippen LogP contribution in [0.3, 0.4) is 0 Å². The summed E-state index contributed by atoms with van der Waals surface area (Å²) in [5, 5.41) is 27.8. The lowest BCUT2D eigenvalue weighted by molar-refractivity contribution is -0.148. The molecule has 0 spiro atoms. The molecule has 1 heterocycles. The third-order valence-corrected chi connectivity index (χ3v) is 2.95. The number of hydrogen-bond acceptors (Lipinski definition) is 6. The van der Waals surface area contributed by atoms with E-state index in [2.05, 4.69) is 6.92 Å². The average molecular weight is 274 g/mol. The average Bonchev–Trinajstić information content (AvgIpc) is 2.69. The molecule has 0 amide bonds. The number of hydrogen-bond donors (Lipinski definition) is 3. The van der Waals surface area contributed by atoms with Crippen molar-refractivity contribution in [2.45, 2.75) is 51.2 Å². The van der Waals surface area contributed by atoms with Crippen molar-refractivity contribution in [2.24, 2.45) is 0 Å². The SMILES string of the molecule is CCCCCCCOC1=C(O)[C@@H]([C@@H](O)CO)OC1=O. The molecular weight excluding hydrogens is 252 g/mol. The van der Waals surface area contributed by atoms with Crippen molar-refractivity contribution in [1.29, 1.82) is 0 Å². The van der Waals surface area contributed by atoms with E-state index in [0.717, 1.165) is 25.7 Å². The lowest BCUT2D eigenvalue weighted by Crippen LogP contribution is -2.31.